The van der Waals surface area contributed by atoms with Crippen molar-refractivity contribution in [3.8, 4) is 0 Å². The minimum absolute atomic E-state index is 0.365. The molecule has 1 aliphatic rings. The first kappa shape index (κ1) is 13.4. The molecule has 1 N–H and O–H groups in total. The molecule has 102 valence electrons. The second-order valence-corrected chi connectivity index (χ2v) is 4.53. The predicted molar refractivity (Wildman–Crippen MR) is 73.5 cm³/mol. The van der Waals surface area contributed by atoms with Crippen LogP contribution in [0, 0.1) is 0 Å². The number of piperidine rings is 1. The average molecular weight is 262 g/mol. The first-order valence-electron chi connectivity index (χ1n) is 6.43. The lowest BCUT2D eigenvalue weighted by molar-refractivity contribution is -0.105. The molecule has 0 saturated carbocycles. The number of methoxy groups -OCH3 is 1. The molecule has 5 nitrogen and oxygen atoms in total. The standard InChI is InChI=1S/C14H18N2O3/c1-19-14(18)11-5-6-12(15-10-17)13(9-11)16-7-3-2-4-8-16/h5-6,9-10H,2-4,7-8H2,1H3,(H,15,17). The molecule has 5 heteroatoms. The number of hydrogen-bond acceptors (Lipinski definition) is 4. The fourth-order valence-electron chi connectivity index (χ4n) is 2.36. The Morgan fingerprint density at radius 1 is 1.32 bits per heavy atom. The van der Waals surface area contributed by atoms with Crippen molar-refractivity contribution in [2.45, 2.75) is 19.3 Å². The number of carbonyl (C=O) groups is 2. The van der Waals surface area contributed by atoms with E-state index in [0.717, 1.165) is 37.3 Å². The van der Waals surface area contributed by atoms with Crippen molar-refractivity contribution >= 4 is 23.8 Å². The van der Waals surface area contributed by atoms with Crippen LogP contribution in [0.3, 0.4) is 0 Å². The molecule has 1 saturated heterocycles. The van der Waals surface area contributed by atoms with Crippen LogP contribution >= 0.6 is 0 Å². The van der Waals surface area contributed by atoms with Gasteiger partial charge in [-0.3, -0.25) is 4.79 Å². The minimum Gasteiger partial charge on any atom is -0.465 e. The van der Waals surface area contributed by atoms with Gasteiger partial charge in [-0.25, -0.2) is 4.79 Å². The molecule has 1 aliphatic heterocycles. The summed E-state index contributed by atoms with van der Waals surface area (Å²) in [6.07, 6.45) is 4.14. The number of ether oxygens (including phenoxy) is 1. The van der Waals surface area contributed by atoms with Crippen molar-refractivity contribution in [2.24, 2.45) is 0 Å². The molecule has 1 aromatic rings. The Labute approximate surface area is 112 Å². The van der Waals surface area contributed by atoms with Crippen LogP contribution in [-0.4, -0.2) is 32.6 Å². The van der Waals surface area contributed by atoms with E-state index in [1.54, 1.807) is 18.2 Å². The largest absolute Gasteiger partial charge is 0.465 e. The molecule has 19 heavy (non-hydrogen) atoms. The number of amides is 1. The summed E-state index contributed by atoms with van der Waals surface area (Å²) >= 11 is 0. The molecule has 0 atom stereocenters. The molecular weight excluding hydrogens is 244 g/mol. The van der Waals surface area contributed by atoms with E-state index in [-0.39, 0.29) is 5.97 Å². The number of hydrogen-bond donors (Lipinski definition) is 1. The van der Waals surface area contributed by atoms with Gasteiger partial charge in [0.05, 0.1) is 24.0 Å². The molecule has 0 aromatic heterocycles. The normalized spacial score (nSPS) is 14.9. The molecule has 1 heterocycles. The van der Waals surface area contributed by atoms with E-state index in [1.165, 1.54) is 13.5 Å². The van der Waals surface area contributed by atoms with Gasteiger partial charge in [0.1, 0.15) is 0 Å². The predicted octanol–water partition coefficient (Wildman–Crippen LogP) is 2.03. The van der Waals surface area contributed by atoms with Gasteiger partial charge < -0.3 is 15.0 Å². The summed E-state index contributed by atoms with van der Waals surface area (Å²) in [6.45, 7) is 1.89. The smallest absolute Gasteiger partial charge is 0.337 e. The van der Waals surface area contributed by atoms with Crippen LogP contribution in [0.15, 0.2) is 18.2 Å². The van der Waals surface area contributed by atoms with Gasteiger partial charge in [-0.2, -0.15) is 0 Å². The quantitative estimate of drug-likeness (QED) is 0.666. The van der Waals surface area contributed by atoms with E-state index in [9.17, 15) is 9.59 Å². The van der Waals surface area contributed by atoms with Gasteiger partial charge in [-0.1, -0.05) is 0 Å². The van der Waals surface area contributed by atoms with Gasteiger partial charge in [0.25, 0.3) is 0 Å². The molecule has 1 fully saturated rings. The highest BCUT2D eigenvalue weighted by atomic mass is 16.5. The first-order valence-corrected chi connectivity index (χ1v) is 6.43. The zero-order valence-electron chi connectivity index (χ0n) is 11.0. The molecule has 1 aromatic carbocycles. The zero-order chi connectivity index (χ0) is 13.7. The van der Waals surface area contributed by atoms with Crippen LogP contribution in [0.5, 0.6) is 0 Å². The summed E-state index contributed by atoms with van der Waals surface area (Å²) in [5.74, 6) is -0.365. The molecular formula is C14H18N2O3. The Balaban J connectivity index is 2.34. The van der Waals surface area contributed by atoms with Crippen molar-refractivity contribution in [1.82, 2.24) is 0 Å². The monoisotopic (exact) mass is 262 g/mol. The van der Waals surface area contributed by atoms with Crippen LogP contribution in [0.25, 0.3) is 0 Å². The van der Waals surface area contributed by atoms with Crippen molar-refractivity contribution in [1.29, 1.82) is 0 Å². The number of carbonyl (C=O) groups excluding carboxylic acids is 2. The molecule has 2 rings (SSSR count). The number of rotatable bonds is 4. The Hall–Kier alpha value is -2.04. The van der Waals surface area contributed by atoms with Gasteiger partial charge in [0.15, 0.2) is 0 Å². The van der Waals surface area contributed by atoms with Crippen LogP contribution < -0.4 is 10.2 Å². The second kappa shape index (κ2) is 6.22. The highest BCUT2D eigenvalue weighted by Gasteiger charge is 2.17. The maximum atomic E-state index is 11.6. The molecule has 1 amide bonds. The lowest BCUT2D eigenvalue weighted by Crippen LogP contribution is -2.30. The van der Waals surface area contributed by atoms with E-state index in [4.69, 9.17) is 4.74 Å². The highest BCUT2D eigenvalue weighted by molar-refractivity contribution is 5.93. The number of benzene rings is 1. The van der Waals surface area contributed by atoms with E-state index in [1.807, 2.05) is 0 Å². The van der Waals surface area contributed by atoms with E-state index < -0.39 is 0 Å². The third-order valence-electron chi connectivity index (χ3n) is 3.33. The Morgan fingerprint density at radius 3 is 2.68 bits per heavy atom. The molecule has 0 aliphatic carbocycles. The minimum atomic E-state index is -0.365. The maximum Gasteiger partial charge on any atom is 0.337 e. The fraction of sp³-hybridized carbons (Fsp3) is 0.429. The molecule has 0 unspecified atom stereocenters. The SMILES string of the molecule is COC(=O)c1ccc(NC=O)c(N2CCCCC2)c1. The average Bonchev–Trinajstić information content (AvgIpc) is 2.48. The van der Waals surface area contributed by atoms with E-state index in [2.05, 4.69) is 10.2 Å². The number of nitrogens with zero attached hydrogens (tertiary/aromatic N) is 1. The van der Waals surface area contributed by atoms with Gasteiger partial charge >= 0.3 is 5.97 Å². The van der Waals surface area contributed by atoms with E-state index in [0.29, 0.717) is 12.0 Å². The van der Waals surface area contributed by atoms with Gasteiger partial charge in [0.2, 0.25) is 6.41 Å². The van der Waals surface area contributed by atoms with E-state index >= 15 is 0 Å². The van der Waals surface area contributed by atoms with Crippen LogP contribution in [-0.2, 0) is 9.53 Å². The molecule has 0 spiro atoms. The maximum absolute atomic E-state index is 11.6. The lowest BCUT2D eigenvalue weighted by atomic mass is 10.1. The highest BCUT2D eigenvalue weighted by Crippen LogP contribution is 2.29. The van der Waals surface area contributed by atoms with Crippen molar-refractivity contribution < 1.29 is 14.3 Å². The Bertz CT molecular complexity index is 468. The van der Waals surface area contributed by atoms with Crippen molar-refractivity contribution in [3.63, 3.8) is 0 Å². The summed E-state index contributed by atoms with van der Waals surface area (Å²) in [7, 11) is 1.36. The van der Waals surface area contributed by atoms with Gasteiger partial charge in [0, 0.05) is 13.1 Å². The van der Waals surface area contributed by atoms with Crippen LogP contribution in [0.1, 0.15) is 29.6 Å². The topological polar surface area (TPSA) is 58.6 Å². The first-order chi connectivity index (χ1) is 9.26. The molecule has 0 radical (unpaired) electrons. The number of nitrogens with one attached hydrogen (secondary N) is 1. The summed E-state index contributed by atoms with van der Waals surface area (Å²) in [5.41, 5.74) is 2.11. The summed E-state index contributed by atoms with van der Waals surface area (Å²) in [6, 6.07) is 5.18. The third-order valence-corrected chi connectivity index (χ3v) is 3.33. The van der Waals surface area contributed by atoms with Crippen molar-refractivity contribution in [2.75, 3.05) is 30.4 Å². The lowest BCUT2D eigenvalue weighted by Gasteiger charge is -2.30. The molecule has 0 bridgehead atoms. The number of esters is 1. The Kier molecular flexibility index (Phi) is 4.39. The fourth-order valence-corrected chi connectivity index (χ4v) is 2.36. The van der Waals surface area contributed by atoms with Crippen LogP contribution in [0.2, 0.25) is 0 Å². The third kappa shape index (κ3) is 3.05. The zero-order valence-corrected chi connectivity index (χ0v) is 11.0. The summed E-state index contributed by atoms with van der Waals surface area (Å²) in [5, 5.41) is 2.68. The van der Waals surface area contributed by atoms with Crippen molar-refractivity contribution in [3.05, 3.63) is 23.8 Å². The Morgan fingerprint density at radius 2 is 2.05 bits per heavy atom. The summed E-state index contributed by atoms with van der Waals surface area (Å²) in [4.78, 5) is 24.4. The van der Waals surface area contributed by atoms with Crippen LogP contribution in [0.4, 0.5) is 11.4 Å². The second-order valence-electron chi connectivity index (χ2n) is 4.53. The number of anilines is 2. The van der Waals surface area contributed by atoms with Gasteiger partial charge in [-0.15, -0.1) is 0 Å². The summed E-state index contributed by atoms with van der Waals surface area (Å²) < 4.78 is 4.73. The van der Waals surface area contributed by atoms with Gasteiger partial charge in [-0.05, 0) is 37.5 Å².